The monoisotopic (exact) mass is 275 g/mol. The van der Waals surface area contributed by atoms with Gasteiger partial charge in [0.1, 0.15) is 5.82 Å². The number of nitrogens with zero attached hydrogens (tertiary/aromatic N) is 1. The Bertz CT molecular complexity index is 632. The molecule has 0 saturated carbocycles. The van der Waals surface area contributed by atoms with E-state index in [-0.39, 0.29) is 11.5 Å². The van der Waals surface area contributed by atoms with Crippen LogP contribution >= 0.6 is 0 Å². The summed E-state index contributed by atoms with van der Waals surface area (Å²) < 4.78 is 13.1. The molecule has 0 aliphatic heterocycles. The van der Waals surface area contributed by atoms with Crippen molar-refractivity contribution in [2.75, 3.05) is 17.2 Å². The zero-order valence-corrected chi connectivity index (χ0v) is 10.9. The first-order chi connectivity index (χ1) is 9.58. The highest BCUT2D eigenvalue weighted by Gasteiger charge is 2.10. The lowest BCUT2D eigenvalue weighted by Crippen LogP contribution is -2.00. The van der Waals surface area contributed by atoms with Gasteiger partial charge < -0.3 is 10.6 Å². The summed E-state index contributed by atoms with van der Waals surface area (Å²) in [5.74, 6) is -0.368. The fourth-order valence-corrected chi connectivity index (χ4v) is 1.83. The van der Waals surface area contributed by atoms with Gasteiger partial charge in [-0.3, -0.25) is 10.1 Å². The number of anilines is 3. The first-order valence-electron chi connectivity index (χ1n) is 6.14. The molecule has 2 aromatic carbocycles. The summed E-state index contributed by atoms with van der Waals surface area (Å²) in [6, 6.07) is 10.5. The Morgan fingerprint density at radius 1 is 1.15 bits per heavy atom. The molecule has 0 amide bonds. The van der Waals surface area contributed by atoms with E-state index in [9.17, 15) is 14.5 Å². The van der Waals surface area contributed by atoms with Crippen LogP contribution in [0.2, 0.25) is 0 Å². The molecule has 0 aliphatic carbocycles. The number of benzene rings is 2. The Hall–Kier alpha value is -2.63. The first kappa shape index (κ1) is 13.8. The average Bonchev–Trinajstić information content (AvgIpc) is 2.38. The predicted molar refractivity (Wildman–Crippen MR) is 76.9 cm³/mol. The average molecular weight is 275 g/mol. The Labute approximate surface area is 115 Å². The van der Waals surface area contributed by atoms with Crippen LogP contribution in [0.15, 0.2) is 42.5 Å². The molecule has 0 aliphatic rings. The highest BCUT2D eigenvalue weighted by atomic mass is 19.1. The van der Waals surface area contributed by atoms with E-state index in [2.05, 4.69) is 10.6 Å². The van der Waals surface area contributed by atoms with Gasteiger partial charge >= 0.3 is 0 Å². The number of nitro groups is 1. The summed E-state index contributed by atoms with van der Waals surface area (Å²) in [7, 11) is 0. The van der Waals surface area contributed by atoms with E-state index in [0.29, 0.717) is 23.6 Å². The van der Waals surface area contributed by atoms with Crippen molar-refractivity contribution in [1.29, 1.82) is 0 Å². The molecule has 20 heavy (non-hydrogen) atoms. The number of hydrogen-bond donors (Lipinski definition) is 2. The Balaban J connectivity index is 2.32. The van der Waals surface area contributed by atoms with Gasteiger partial charge in [-0.25, -0.2) is 4.39 Å². The molecule has 0 atom stereocenters. The van der Waals surface area contributed by atoms with Crippen molar-refractivity contribution in [3.05, 3.63) is 58.4 Å². The first-order valence-corrected chi connectivity index (χ1v) is 6.14. The van der Waals surface area contributed by atoms with Crippen LogP contribution in [-0.2, 0) is 0 Å². The number of nitrogens with one attached hydrogen (secondary N) is 2. The molecule has 0 heterocycles. The molecule has 0 fully saturated rings. The molecule has 0 bridgehead atoms. The zero-order valence-electron chi connectivity index (χ0n) is 10.9. The molecule has 0 aromatic heterocycles. The molecule has 5 nitrogen and oxygen atoms in total. The maximum Gasteiger partial charge on any atom is 0.273 e. The van der Waals surface area contributed by atoms with Crippen molar-refractivity contribution < 1.29 is 9.31 Å². The van der Waals surface area contributed by atoms with Crippen LogP contribution in [0.4, 0.5) is 27.1 Å². The highest BCUT2D eigenvalue weighted by molar-refractivity contribution is 5.68. The number of nitro benzene ring substituents is 1. The summed E-state index contributed by atoms with van der Waals surface area (Å²) in [6.07, 6.45) is 0. The Morgan fingerprint density at radius 2 is 1.90 bits per heavy atom. The lowest BCUT2D eigenvalue weighted by molar-refractivity contribution is -0.384. The van der Waals surface area contributed by atoms with Gasteiger partial charge in [0.15, 0.2) is 0 Å². The predicted octanol–water partition coefficient (Wildman–Crippen LogP) is 3.91. The molecule has 104 valence electrons. The van der Waals surface area contributed by atoms with Crippen molar-refractivity contribution >= 4 is 22.7 Å². The normalized spacial score (nSPS) is 10.1. The van der Waals surface area contributed by atoms with E-state index in [1.165, 1.54) is 24.3 Å². The third-order valence-corrected chi connectivity index (χ3v) is 2.62. The number of hydrogen-bond acceptors (Lipinski definition) is 4. The summed E-state index contributed by atoms with van der Waals surface area (Å²) in [5.41, 5.74) is 1.68. The van der Waals surface area contributed by atoms with Crippen molar-refractivity contribution in [3.8, 4) is 0 Å². The van der Waals surface area contributed by atoms with Gasteiger partial charge in [-0.15, -0.1) is 0 Å². The van der Waals surface area contributed by atoms with Gasteiger partial charge in [-0.1, -0.05) is 6.07 Å². The van der Waals surface area contributed by atoms with Crippen LogP contribution in [0.1, 0.15) is 6.92 Å². The van der Waals surface area contributed by atoms with Gasteiger partial charge in [0.2, 0.25) is 0 Å². The van der Waals surface area contributed by atoms with Gasteiger partial charge in [0, 0.05) is 35.7 Å². The Morgan fingerprint density at radius 3 is 2.55 bits per heavy atom. The lowest BCUT2D eigenvalue weighted by Gasteiger charge is -2.09. The second kappa shape index (κ2) is 6.01. The lowest BCUT2D eigenvalue weighted by atomic mass is 10.2. The smallest absolute Gasteiger partial charge is 0.273 e. The molecule has 0 spiro atoms. The largest absolute Gasteiger partial charge is 0.385 e. The van der Waals surface area contributed by atoms with Crippen molar-refractivity contribution in [3.63, 3.8) is 0 Å². The molecule has 0 radical (unpaired) electrons. The number of non-ortho nitro benzene ring substituents is 1. The van der Waals surface area contributed by atoms with Crippen LogP contribution < -0.4 is 10.6 Å². The van der Waals surface area contributed by atoms with Crippen LogP contribution in [0, 0.1) is 15.9 Å². The van der Waals surface area contributed by atoms with E-state index in [1.807, 2.05) is 6.92 Å². The molecular weight excluding hydrogens is 261 g/mol. The Kier molecular flexibility index (Phi) is 4.14. The van der Waals surface area contributed by atoms with Crippen LogP contribution in [0.25, 0.3) is 0 Å². The fourth-order valence-electron chi connectivity index (χ4n) is 1.83. The number of halogens is 1. The third-order valence-electron chi connectivity index (χ3n) is 2.62. The summed E-state index contributed by atoms with van der Waals surface area (Å²) >= 11 is 0. The molecule has 2 rings (SSSR count). The van der Waals surface area contributed by atoms with Crippen molar-refractivity contribution in [1.82, 2.24) is 0 Å². The van der Waals surface area contributed by atoms with Gasteiger partial charge in [-0.05, 0) is 31.2 Å². The molecule has 6 heteroatoms. The minimum Gasteiger partial charge on any atom is -0.385 e. The van der Waals surface area contributed by atoms with Crippen LogP contribution in [0.5, 0.6) is 0 Å². The van der Waals surface area contributed by atoms with E-state index < -0.39 is 4.92 Å². The summed E-state index contributed by atoms with van der Waals surface area (Å²) in [5, 5.41) is 16.9. The van der Waals surface area contributed by atoms with E-state index in [4.69, 9.17) is 0 Å². The van der Waals surface area contributed by atoms with Gasteiger partial charge in [0.25, 0.3) is 5.69 Å². The molecular formula is C14H14FN3O2. The molecule has 0 unspecified atom stereocenters. The fraction of sp³-hybridized carbons (Fsp3) is 0.143. The van der Waals surface area contributed by atoms with Crippen LogP contribution in [0.3, 0.4) is 0 Å². The quantitative estimate of drug-likeness (QED) is 0.641. The highest BCUT2D eigenvalue weighted by Crippen LogP contribution is 2.27. The zero-order chi connectivity index (χ0) is 14.5. The summed E-state index contributed by atoms with van der Waals surface area (Å²) in [4.78, 5) is 10.4. The van der Waals surface area contributed by atoms with E-state index >= 15 is 0 Å². The van der Waals surface area contributed by atoms with Gasteiger partial charge in [0.05, 0.1) is 4.92 Å². The van der Waals surface area contributed by atoms with Crippen molar-refractivity contribution in [2.24, 2.45) is 0 Å². The third kappa shape index (κ3) is 3.44. The summed E-state index contributed by atoms with van der Waals surface area (Å²) in [6.45, 7) is 2.55. The van der Waals surface area contributed by atoms with Gasteiger partial charge in [-0.2, -0.15) is 0 Å². The number of rotatable bonds is 5. The molecule has 2 N–H and O–H groups in total. The maximum atomic E-state index is 13.1. The molecule has 2 aromatic rings. The minimum absolute atomic E-state index is 0.0256. The SMILES string of the molecule is CCNc1cc(Nc2cccc(F)c2)cc([N+](=O)[O-])c1. The minimum atomic E-state index is -0.461. The standard InChI is InChI=1S/C14H14FN3O2/c1-2-16-12-7-13(9-14(8-12)18(19)20)17-11-5-3-4-10(15)6-11/h3-9,16-17H,2H2,1H3. The second-order valence-electron chi connectivity index (χ2n) is 4.19. The topological polar surface area (TPSA) is 67.2 Å². The maximum absolute atomic E-state index is 13.1. The molecule has 0 saturated heterocycles. The van der Waals surface area contributed by atoms with E-state index in [0.717, 1.165) is 0 Å². The second-order valence-corrected chi connectivity index (χ2v) is 4.19. The van der Waals surface area contributed by atoms with E-state index in [1.54, 1.807) is 18.2 Å². The van der Waals surface area contributed by atoms with Crippen LogP contribution in [-0.4, -0.2) is 11.5 Å². The van der Waals surface area contributed by atoms with Crippen molar-refractivity contribution in [2.45, 2.75) is 6.92 Å².